The number of halogens is 3. The Balaban J connectivity index is 2.13. The van der Waals surface area contributed by atoms with E-state index in [0.29, 0.717) is 0 Å². The summed E-state index contributed by atoms with van der Waals surface area (Å²) in [6.45, 7) is 0. The van der Waals surface area contributed by atoms with E-state index < -0.39 is 34.3 Å². The summed E-state index contributed by atoms with van der Waals surface area (Å²) in [6.07, 6.45) is -4.84. The van der Waals surface area contributed by atoms with Crippen molar-refractivity contribution in [2.45, 2.75) is 36.2 Å². The molecule has 1 aliphatic carbocycles. The van der Waals surface area contributed by atoms with Gasteiger partial charge in [0.1, 0.15) is 5.75 Å². The summed E-state index contributed by atoms with van der Waals surface area (Å²) >= 11 is 0. The number of hydrogen-bond acceptors (Lipinski definition) is 4. The van der Waals surface area contributed by atoms with Gasteiger partial charge in [0.15, 0.2) is 0 Å². The Kier molecular flexibility index (Phi) is 3.94. The van der Waals surface area contributed by atoms with Gasteiger partial charge in [0.05, 0.1) is 11.0 Å². The Hall–Kier alpha value is -1.32. The highest BCUT2D eigenvalue weighted by Gasteiger charge is 2.33. The Morgan fingerprint density at radius 3 is 2.50 bits per heavy atom. The first-order valence-corrected chi connectivity index (χ1v) is 7.20. The fraction of sp³-hybridized carbons (Fsp3) is 0.455. The lowest BCUT2D eigenvalue weighted by atomic mass is 9.91. The van der Waals surface area contributed by atoms with Crippen LogP contribution in [0.1, 0.15) is 12.8 Å². The van der Waals surface area contributed by atoms with Gasteiger partial charge in [-0.1, -0.05) is 6.07 Å². The molecule has 0 saturated heterocycles. The fourth-order valence-electron chi connectivity index (χ4n) is 1.81. The van der Waals surface area contributed by atoms with Crippen LogP contribution in [0.4, 0.5) is 13.2 Å². The maximum atomic E-state index is 12.1. The summed E-state index contributed by atoms with van der Waals surface area (Å²) < 4.78 is 66.0. The highest BCUT2D eigenvalue weighted by Crippen LogP contribution is 2.26. The van der Waals surface area contributed by atoms with Crippen molar-refractivity contribution >= 4 is 10.0 Å². The maximum Gasteiger partial charge on any atom is 0.573 e. The number of sulfonamides is 1. The van der Waals surface area contributed by atoms with Crippen LogP contribution < -0.4 is 9.46 Å². The van der Waals surface area contributed by atoms with E-state index in [1.54, 1.807) is 0 Å². The van der Waals surface area contributed by atoms with E-state index in [9.17, 15) is 21.6 Å². The molecule has 1 aromatic carbocycles. The fourth-order valence-corrected chi connectivity index (χ4v) is 3.11. The highest BCUT2D eigenvalue weighted by atomic mass is 32.2. The van der Waals surface area contributed by atoms with Crippen LogP contribution in [0, 0.1) is 0 Å². The predicted molar refractivity (Wildman–Crippen MR) is 62.5 cm³/mol. The van der Waals surface area contributed by atoms with Crippen molar-refractivity contribution in [2.24, 2.45) is 0 Å². The molecule has 0 aromatic heterocycles. The normalized spacial score (nSPS) is 23.2. The van der Waals surface area contributed by atoms with E-state index in [1.807, 2.05) is 0 Å². The van der Waals surface area contributed by atoms with Gasteiger partial charge in [-0.05, 0) is 25.0 Å². The molecule has 20 heavy (non-hydrogen) atoms. The number of aliphatic hydroxyl groups is 1. The minimum atomic E-state index is -4.88. The van der Waals surface area contributed by atoms with Gasteiger partial charge in [-0.2, -0.15) is 0 Å². The molecular weight excluding hydrogens is 299 g/mol. The van der Waals surface area contributed by atoms with Crippen LogP contribution in [0.3, 0.4) is 0 Å². The van der Waals surface area contributed by atoms with Crippen molar-refractivity contribution in [1.29, 1.82) is 0 Å². The number of benzene rings is 1. The number of rotatable bonds is 4. The van der Waals surface area contributed by atoms with E-state index in [1.165, 1.54) is 6.07 Å². The summed E-state index contributed by atoms with van der Waals surface area (Å²) in [5, 5.41) is 9.08. The highest BCUT2D eigenvalue weighted by molar-refractivity contribution is 7.89. The topological polar surface area (TPSA) is 75.6 Å². The number of aliphatic hydroxyl groups excluding tert-OH is 1. The number of alkyl halides is 3. The quantitative estimate of drug-likeness (QED) is 0.881. The first kappa shape index (κ1) is 15.1. The molecule has 1 aromatic rings. The van der Waals surface area contributed by atoms with Crippen LogP contribution in [0.25, 0.3) is 0 Å². The van der Waals surface area contributed by atoms with E-state index in [-0.39, 0.29) is 17.7 Å². The van der Waals surface area contributed by atoms with Crippen molar-refractivity contribution in [3.8, 4) is 5.75 Å². The van der Waals surface area contributed by atoms with E-state index >= 15 is 0 Å². The zero-order chi connectivity index (χ0) is 15.0. The maximum absolute atomic E-state index is 12.1. The molecule has 0 radical (unpaired) electrons. The largest absolute Gasteiger partial charge is 0.573 e. The third-order valence-corrected chi connectivity index (χ3v) is 4.30. The molecule has 1 fully saturated rings. The van der Waals surface area contributed by atoms with Gasteiger partial charge in [0, 0.05) is 12.1 Å². The van der Waals surface area contributed by atoms with Gasteiger partial charge in [-0.3, -0.25) is 0 Å². The van der Waals surface area contributed by atoms with Crippen LogP contribution in [-0.2, 0) is 10.0 Å². The van der Waals surface area contributed by atoms with Crippen LogP contribution in [0.2, 0.25) is 0 Å². The molecule has 5 nitrogen and oxygen atoms in total. The minimum Gasteiger partial charge on any atom is -0.406 e. The zero-order valence-corrected chi connectivity index (χ0v) is 10.9. The summed E-state index contributed by atoms with van der Waals surface area (Å²) in [6, 6.07) is 3.73. The van der Waals surface area contributed by atoms with Gasteiger partial charge in [0.2, 0.25) is 10.0 Å². The Labute approximate surface area is 113 Å². The van der Waals surface area contributed by atoms with Crippen LogP contribution in [-0.4, -0.2) is 32.0 Å². The first-order chi connectivity index (χ1) is 9.16. The third kappa shape index (κ3) is 3.84. The monoisotopic (exact) mass is 311 g/mol. The summed E-state index contributed by atoms with van der Waals surface area (Å²) in [4.78, 5) is -0.319. The van der Waals surface area contributed by atoms with Gasteiger partial charge in [-0.25, -0.2) is 13.1 Å². The Morgan fingerprint density at radius 1 is 1.30 bits per heavy atom. The van der Waals surface area contributed by atoms with Gasteiger partial charge >= 0.3 is 6.36 Å². The van der Waals surface area contributed by atoms with Crippen molar-refractivity contribution in [2.75, 3.05) is 0 Å². The van der Waals surface area contributed by atoms with Gasteiger partial charge in [0.25, 0.3) is 0 Å². The van der Waals surface area contributed by atoms with Crippen molar-refractivity contribution in [1.82, 2.24) is 4.72 Å². The van der Waals surface area contributed by atoms with Crippen molar-refractivity contribution in [3.63, 3.8) is 0 Å². The molecule has 0 amide bonds. The second kappa shape index (κ2) is 5.23. The van der Waals surface area contributed by atoms with Crippen LogP contribution in [0.15, 0.2) is 29.2 Å². The molecule has 1 saturated carbocycles. The molecular formula is C11H12F3NO4S. The lowest BCUT2D eigenvalue weighted by Crippen LogP contribution is -2.46. The lowest BCUT2D eigenvalue weighted by molar-refractivity contribution is -0.274. The van der Waals surface area contributed by atoms with Gasteiger partial charge in [-0.15, -0.1) is 13.2 Å². The molecule has 0 atom stereocenters. The second-order valence-corrected chi connectivity index (χ2v) is 6.18. The van der Waals surface area contributed by atoms with E-state index in [0.717, 1.165) is 18.2 Å². The molecule has 112 valence electrons. The molecule has 0 spiro atoms. The number of ether oxygens (including phenoxy) is 1. The standard InChI is InChI=1S/C11H12F3NO4S/c12-11(13,14)19-9-2-1-3-10(6-9)20(17,18)15-7-4-8(16)5-7/h1-3,6-8,15-16H,4-5H2. The van der Waals surface area contributed by atoms with Crippen molar-refractivity contribution in [3.05, 3.63) is 24.3 Å². The molecule has 0 unspecified atom stereocenters. The third-order valence-electron chi connectivity index (χ3n) is 2.78. The molecule has 9 heteroatoms. The Morgan fingerprint density at radius 2 is 1.95 bits per heavy atom. The van der Waals surface area contributed by atoms with E-state index in [2.05, 4.69) is 9.46 Å². The van der Waals surface area contributed by atoms with E-state index in [4.69, 9.17) is 5.11 Å². The lowest BCUT2D eigenvalue weighted by Gasteiger charge is -2.31. The average Bonchev–Trinajstić information content (AvgIpc) is 2.24. The summed E-state index contributed by atoms with van der Waals surface area (Å²) in [5.41, 5.74) is 0. The van der Waals surface area contributed by atoms with Gasteiger partial charge < -0.3 is 9.84 Å². The van der Waals surface area contributed by atoms with Crippen LogP contribution in [0.5, 0.6) is 5.75 Å². The first-order valence-electron chi connectivity index (χ1n) is 5.72. The number of hydrogen-bond donors (Lipinski definition) is 2. The molecule has 2 N–H and O–H groups in total. The molecule has 0 heterocycles. The second-order valence-electron chi connectivity index (χ2n) is 4.47. The smallest absolute Gasteiger partial charge is 0.406 e. The van der Waals surface area contributed by atoms with Crippen molar-refractivity contribution < 1.29 is 31.4 Å². The average molecular weight is 311 g/mol. The molecule has 0 bridgehead atoms. The zero-order valence-electron chi connectivity index (χ0n) is 10.1. The molecule has 1 aliphatic rings. The molecule has 2 rings (SSSR count). The van der Waals surface area contributed by atoms with Crippen LogP contribution >= 0.6 is 0 Å². The SMILES string of the molecule is O=S(=O)(NC1CC(O)C1)c1cccc(OC(F)(F)F)c1. The Bertz CT molecular complexity index is 582. The predicted octanol–water partition coefficient (Wildman–Crippen LogP) is 1.39. The summed E-state index contributed by atoms with van der Waals surface area (Å²) in [5.74, 6) is -0.603. The minimum absolute atomic E-state index is 0.290. The summed E-state index contributed by atoms with van der Waals surface area (Å²) in [7, 11) is -3.93. The number of nitrogens with one attached hydrogen (secondary N) is 1. The molecule has 0 aliphatic heterocycles.